The molecule has 1 aromatic heterocycles. The first-order valence-corrected chi connectivity index (χ1v) is 13.7. The van der Waals surface area contributed by atoms with Crippen LogP contribution in [-0.2, 0) is 63.6 Å². The average molecular weight is 605 g/mol. The lowest BCUT2D eigenvalue weighted by Crippen LogP contribution is -2.59. The standard InChI is InChI=1S/C29H36N2O12/c1-7-38-29(37)22(30-14(2)32)12-20-19-10-8-9-11-21(19)31-24(20)26-28(42-18(6)36)27(41-17(5)35)25(40-16(4)34)23(43-26)13-39-15(3)33/h8-11,22-23,25-28,31H,7,12-13H2,1-6H3,(H,30,32)/t22-,23-,25-,26-,27+,28-/m1/s1. The van der Waals surface area contributed by atoms with Gasteiger partial charge in [0.05, 0.1) is 12.3 Å². The minimum Gasteiger partial charge on any atom is -0.464 e. The number of carbonyl (C=O) groups is 6. The van der Waals surface area contributed by atoms with Crippen LogP contribution in [0, 0.1) is 0 Å². The molecule has 1 amide bonds. The molecule has 3 rings (SSSR count). The highest BCUT2D eigenvalue weighted by Gasteiger charge is 2.53. The van der Waals surface area contributed by atoms with Crippen molar-refractivity contribution in [3.05, 3.63) is 35.5 Å². The Morgan fingerprint density at radius 1 is 0.837 bits per heavy atom. The molecule has 0 saturated carbocycles. The van der Waals surface area contributed by atoms with Gasteiger partial charge >= 0.3 is 29.8 Å². The van der Waals surface area contributed by atoms with E-state index in [2.05, 4.69) is 10.3 Å². The smallest absolute Gasteiger partial charge is 0.328 e. The van der Waals surface area contributed by atoms with Crippen LogP contribution in [-0.4, -0.2) is 84.4 Å². The highest BCUT2D eigenvalue weighted by molar-refractivity contribution is 5.88. The summed E-state index contributed by atoms with van der Waals surface area (Å²) < 4.78 is 33.4. The molecule has 1 saturated heterocycles. The number of carbonyl (C=O) groups excluding carboxylic acids is 6. The van der Waals surface area contributed by atoms with Crippen LogP contribution >= 0.6 is 0 Å². The molecule has 0 unspecified atom stereocenters. The number of hydrogen-bond acceptors (Lipinski definition) is 12. The summed E-state index contributed by atoms with van der Waals surface area (Å²) in [5, 5.41) is 3.27. The zero-order chi connectivity index (χ0) is 31.8. The lowest BCUT2D eigenvalue weighted by molar-refractivity contribution is -0.255. The fourth-order valence-electron chi connectivity index (χ4n) is 5.03. The van der Waals surface area contributed by atoms with Gasteiger partial charge in [-0.05, 0) is 18.6 Å². The molecule has 0 aliphatic carbocycles. The quantitative estimate of drug-likeness (QED) is 0.279. The van der Waals surface area contributed by atoms with Crippen molar-refractivity contribution in [1.82, 2.24) is 10.3 Å². The summed E-state index contributed by atoms with van der Waals surface area (Å²) >= 11 is 0. The summed E-state index contributed by atoms with van der Waals surface area (Å²) in [6.45, 7) is 7.17. The average Bonchev–Trinajstić information content (AvgIpc) is 3.26. The zero-order valence-electron chi connectivity index (χ0n) is 24.8. The van der Waals surface area contributed by atoms with Crippen LogP contribution in [0.25, 0.3) is 10.9 Å². The Morgan fingerprint density at radius 3 is 2.02 bits per heavy atom. The first-order valence-electron chi connectivity index (χ1n) is 13.7. The molecule has 0 spiro atoms. The number of nitrogens with one attached hydrogen (secondary N) is 2. The molecule has 234 valence electrons. The van der Waals surface area contributed by atoms with Gasteiger partial charge in [0.1, 0.15) is 24.9 Å². The molecule has 14 nitrogen and oxygen atoms in total. The molecular formula is C29H36N2O12. The third kappa shape index (κ3) is 8.53. The Bertz CT molecular complexity index is 1370. The van der Waals surface area contributed by atoms with Crippen molar-refractivity contribution in [3.63, 3.8) is 0 Å². The second-order valence-corrected chi connectivity index (χ2v) is 9.89. The van der Waals surface area contributed by atoms with Gasteiger partial charge in [-0.2, -0.15) is 0 Å². The Labute approximate surface area is 247 Å². The minimum atomic E-state index is -1.39. The van der Waals surface area contributed by atoms with Gasteiger partial charge in [0.25, 0.3) is 0 Å². The molecule has 14 heteroatoms. The maximum Gasteiger partial charge on any atom is 0.328 e. The van der Waals surface area contributed by atoms with E-state index in [1.807, 2.05) is 0 Å². The summed E-state index contributed by atoms with van der Waals surface area (Å²) in [6.07, 6.45) is -6.55. The predicted octanol–water partition coefficient (Wildman–Crippen LogP) is 1.58. The number of fused-ring (bicyclic) bond motifs is 1. The fraction of sp³-hybridized carbons (Fsp3) is 0.517. The van der Waals surface area contributed by atoms with Gasteiger partial charge in [-0.1, -0.05) is 18.2 Å². The first kappa shape index (κ1) is 33.0. The topological polar surface area (TPSA) is 186 Å². The molecule has 6 atom stereocenters. The van der Waals surface area contributed by atoms with Crippen molar-refractivity contribution in [2.45, 2.75) is 84.5 Å². The van der Waals surface area contributed by atoms with Gasteiger partial charge in [0.2, 0.25) is 5.91 Å². The first-order chi connectivity index (χ1) is 20.3. The van der Waals surface area contributed by atoms with Crippen LogP contribution in [0.3, 0.4) is 0 Å². The Morgan fingerprint density at radius 2 is 1.44 bits per heavy atom. The summed E-state index contributed by atoms with van der Waals surface area (Å²) in [6, 6.07) is 6.00. The molecule has 0 bridgehead atoms. The lowest BCUT2D eigenvalue weighted by Gasteiger charge is -2.44. The van der Waals surface area contributed by atoms with Gasteiger partial charge in [0.15, 0.2) is 18.3 Å². The van der Waals surface area contributed by atoms with Crippen molar-refractivity contribution in [2.24, 2.45) is 0 Å². The number of esters is 5. The zero-order valence-corrected chi connectivity index (χ0v) is 24.8. The maximum absolute atomic E-state index is 12.9. The third-order valence-electron chi connectivity index (χ3n) is 6.48. The fourth-order valence-corrected chi connectivity index (χ4v) is 5.03. The number of aromatic nitrogens is 1. The number of hydrogen-bond donors (Lipinski definition) is 2. The SMILES string of the molecule is CCOC(=O)[C@@H](Cc1c([C@H]2O[C@H](COC(C)=O)[C@@H](OC(C)=O)[C@H](OC(C)=O)[C@@H]2OC(C)=O)[nH]c2ccccc12)NC(C)=O. The number of ether oxygens (including phenoxy) is 6. The number of H-pyrrole nitrogens is 1. The van der Waals surface area contributed by atoms with E-state index >= 15 is 0 Å². The predicted molar refractivity (Wildman–Crippen MR) is 147 cm³/mol. The molecule has 1 aliphatic rings. The van der Waals surface area contributed by atoms with Crippen molar-refractivity contribution in [1.29, 1.82) is 0 Å². The van der Waals surface area contributed by atoms with Crippen molar-refractivity contribution in [2.75, 3.05) is 13.2 Å². The van der Waals surface area contributed by atoms with Gasteiger partial charge in [0, 0.05) is 51.9 Å². The second-order valence-electron chi connectivity index (χ2n) is 9.89. The van der Waals surface area contributed by atoms with Gasteiger partial charge < -0.3 is 38.7 Å². The Balaban J connectivity index is 2.23. The maximum atomic E-state index is 12.9. The normalized spacial score (nSPS) is 22.1. The Hall–Kier alpha value is -4.46. The summed E-state index contributed by atoms with van der Waals surface area (Å²) in [4.78, 5) is 76.5. The van der Waals surface area contributed by atoms with Crippen LogP contribution in [0.5, 0.6) is 0 Å². The van der Waals surface area contributed by atoms with Crippen molar-refractivity contribution in [3.8, 4) is 0 Å². The third-order valence-corrected chi connectivity index (χ3v) is 6.48. The summed E-state index contributed by atoms with van der Waals surface area (Å²) in [7, 11) is 0. The minimum absolute atomic E-state index is 0.0649. The van der Waals surface area contributed by atoms with E-state index in [1.54, 1.807) is 31.2 Å². The number of rotatable bonds is 11. The molecule has 0 radical (unpaired) electrons. The highest BCUT2D eigenvalue weighted by Crippen LogP contribution is 2.40. The van der Waals surface area contributed by atoms with Crippen LogP contribution in [0.4, 0.5) is 0 Å². The lowest BCUT2D eigenvalue weighted by atomic mass is 9.90. The van der Waals surface area contributed by atoms with Crippen LogP contribution in [0.15, 0.2) is 24.3 Å². The molecule has 1 aliphatic heterocycles. The van der Waals surface area contributed by atoms with Gasteiger partial charge in [-0.3, -0.25) is 24.0 Å². The van der Waals surface area contributed by atoms with E-state index in [9.17, 15) is 28.8 Å². The summed E-state index contributed by atoms with van der Waals surface area (Å²) in [5.74, 6) is -4.06. The van der Waals surface area contributed by atoms with Crippen molar-refractivity contribution < 1.29 is 57.2 Å². The molecule has 43 heavy (non-hydrogen) atoms. The Kier molecular flexibility index (Phi) is 11.2. The largest absolute Gasteiger partial charge is 0.464 e. The van der Waals surface area contributed by atoms with E-state index in [0.717, 1.165) is 20.8 Å². The van der Waals surface area contributed by atoms with Crippen LogP contribution in [0.2, 0.25) is 0 Å². The second kappa shape index (κ2) is 14.6. The van der Waals surface area contributed by atoms with E-state index < -0.39 is 78.9 Å². The van der Waals surface area contributed by atoms with E-state index in [-0.39, 0.29) is 13.0 Å². The highest BCUT2D eigenvalue weighted by atomic mass is 16.7. The van der Waals surface area contributed by atoms with Gasteiger partial charge in [-0.25, -0.2) is 4.79 Å². The van der Waals surface area contributed by atoms with E-state index in [4.69, 9.17) is 28.4 Å². The number of aromatic amines is 1. The van der Waals surface area contributed by atoms with Gasteiger partial charge in [-0.15, -0.1) is 0 Å². The molecule has 2 heterocycles. The van der Waals surface area contributed by atoms with E-state index in [0.29, 0.717) is 22.2 Å². The molecular weight excluding hydrogens is 568 g/mol. The number of amides is 1. The van der Waals surface area contributed by atoms with Crippen LogP contribution in [0.1, 0.15) is 58.9 Å². The molecule has 1 fully saturated rings. The van der Waals surface area contributed by atoms with Crippen molar-refractivity contribution >= 4 is 46.7 Å². The monoisotopic (exact) mass is 604 g/mol. The summed E-state index contributed by atoms with van der Waals surface area (Å²) in [5.41, 5.74) is 1.44. The number of benzene rings is 1. The number of para-hydroxylation sites is 1. The van der Waals surface area contributed by atoms with E-state index in [1.165, 1.54) is 13.8 Å². The van der Waals surface area contributed by atoms with Crippen LogP contribution < -0.4 is 5.32 Å². The molecule has 2 N–H and O–H groups in total. The molecule has 1 aromatic carbocycles. The molecule has 2 aromatic rings.